The third-order valence-corrected chi connectivity index (χ3v) is 5.10. The van der Waals surface area contributed by atoms with Gasteiger partial charge in [-0.3, -0.25) is 14.3 Å². The van der Waals surface area contributed by atoms with E-state index in [9.17, 15) is 9.59 Å². The minimum absolute atomic E-state index is 0.124. The number of nitrogens with one attached hydrogen (secondary N) is 1. The van der Waals surface area contributed by atoms with Crippen molar-refractivity contribution in [2.24, 2.45) is 13.0 Å². The summed E-state index contributed by atoms with van der Waals surface area (Å²) in [5.41, 5.74) is 2.66. The first-order valence-electron chi connectivity index (χ1n) is 9.20. The Labute approximate surface area is 162 Å². The van der Waals surface area contributed by atoms with Crippen molar-refractivity contribution in [1.82, 2.24) is 14.7 Å². The molecule has 8 nitrogen and oxygen atoms in total. The Morgan fingerprint density at radius 3 is 2.79 bits per heavy atom. The van der Waals surface area contributed by atoms with Crippen LogP contribution in [-0.4, -0.2) is 46.4 Å². The molecule has 0 aliphatic carbocycles. The highest BCUT2D eigenvalue weighted by Gasteiger charge is 2.35. The van der Waals surface area contributed by atoms with Crippen molar-refractivity contribution >= 4 is 17.6 Å². The topological polar surface area (TPSA) is 85.7 Å². The van der Waals surface area contributed by atoms with E-state index in [-0.39, 0.29) is 24.5 Å². The average Bonchev–Trinajstić information content (AvgIpc) is 3.24. The lowest BCUT2D eigenvalue weighted by Gasteiger charge is -2.37. The molecule has 2 aliphatic heterocycles. The standard InChI is InChI=1S/C20H22N4O4/c1-4-14-18(12-6-7-15-16(8-12)28-11-27-15)19(23(3)22-14)21-20(26)13-9-24(10-13)17(25)5-2/h5-8,13H,2,4,9-11H2,1,3H3,(H,21,26). The number of benzene rings is 1. The maximum atomic E-state index is 12.7. The van der Waals surface area contributed by atoms with Crippen LogP contribution in [0.25, 0.3) is 11.1 Å². The number of hydrogen-bond acceptors (Lipinski definition) is 5. The van der Waals surface area contributed by atoms with Gasteiger partial charge in [0.1, 0.15) is 5.82 Å². The van der Waals surface area contributed by atoms with E-state index in [4.69, 9.17) is 9.47 Å². The molecule has 2 amide bonds. The second-order valence-electron chi connectivity index (χ2n) is 6.85. The second kappa shape index (κ2) is 7.03. The maximum Gasteiger partial charge on any atom is 0.246 e. The number of ether oxygens (including phenoxy) is 2. The quantitative estimate of drug-likeness (QED) is 0.799. The lowest BCUT2D eigenvalue weighted by molar-refractivity contribution is -0.137. The van der Waals surface area contributed by atoms with Crippen LogP contribution in [0.1, 0.15) is 12.6 Å². The van der Waals surface area contributed by atoms with Crippen LogP contribution in [0.3, 0.4) is 0 Å². The number of likely N-dealkylation sites (tertiary alicyclic amines) is 1. The van der Waals surface area contributed by atoms with Gasteiger partial charge in [0.05, 0.1) is 11.6 Å². The lowest BCUT2D eigenvalue weighted by Crippen LogP contribution is -2.54. The zero-order chi connectivity index (χ0) is 19.8. The summed E-state index contributed by atoms with van der Waals surface area (Å²) >= 11 is 0. The molecule has 0 radical (unpaired) electrons. The number of fused-ring (bicyclic) bond motifs is 1. The highest BCUT2D eigenvalue weighted by molar-refractivity contribution is 5.98. The van der Waals surface area contributed by atoms with E-state index in [2.05, 4.69) is 17.0 Å². The maximum absolute atomic E-state index is 12.7. The Hall–Kier alpha value is -3.29. The van der Waals surface area contributed by atoms with E-state index in [1.54, 1.807) is 16.6 Å². The molecule has 0 bridgehead atoms. The molecule has 28 heavy (non-hydrogen) atoms. The molecule has 1 aromatic carbocycles. The van der Waals surface area contributed by atoms with Gasteiger partial charge in [-0.2, -0.15) is 5.10 Å². The van der Waals surface area contributed by atoms with Gasteiger partial charge >= 0.3 is 0 Å². The van der Waals surface area contributed by atoms with Gasteiger partial charge in [-0.15, -0.1) is 0 Å². The van der Waals surface area contributed by atoms with Crippen molar-refractivity contribution in [1.29, 1.82) is 0 Å². The molecule has 1 aromatic heterocycles. The van der Waals surface area contributed by atoms with Crippen molar-refractivity contribution in [3.63, 3.8) is 0 Å². The van der Waals surface area contributed by atoms with Gasteiger partial charge in [-0.05, 0) is 30.2 Å². The fraction of sp³-hybridized carbons (Fsp3) is 0.350. The van der Waals surface area contributed by atoms with Crippen molar-refractivity contribution in [3.8, 4) is 22.6 Å². The van der Waals surface area contributed by atoms with Gasteiger partial charge in [-0.25, -0.2) is 0 Å². The predicted octanol–water partition coefficient (Wildman–Crippen LogP) is 1.96. The van der Waals surface area contributed by atoms with Gasteiger partial charge in [0, 0.05) is 25.7 Å². The van der Waals surface area contributed by atoms with Crippen LogP contribution >= 0.6 is 0 Å². The Kier molecular flexibility index (Phi) is 4.54. The molecule has 1 N–H and O–H groups in total. The Morgan fingerprint density at radius 1 is 1.32 bits per heavy atom. The highest BCUT2D eigenvalue weighted by Crippen LogP contribution is 2.39. The molecule has 0 saturated carbocycles. The molecule has 0 unspecified atom stereocenters. The van der Waals surface area contributed by atoms with E-state index >= 15 is 0 Å². The molecule has 1 saturated heterocycles. The molecule has 4 rings (SSSR count). The summed E-state index contributed by atoms with van der Waals surface area (Å²) in [5.74, 6) is 1.50. The normalized spacial score (nSPS) is 15.3. The molecule has 1 fully saturated rings. The monoisotopic (exact) mass is 382 g/mol. The summed E-state index contributed by atoms with van der Waals surface area (Å²) in [4.78, 5) is 25.9. The number of carbonyl (C=O) groups is 2. The smallest absolute Gasteiger partial charge is 0.246 e. The number of carbonyl (C=O) groups excluding carboxylic acids is 2. The first-order chi connectivity index (χ1) is 13.5. The van der Waals surface area contributed by atoms with Crippen LogP contribution < -0.4 is 14.8 Å². The summed E-state index contributed by atoms with van der Waals surface area (Å²) in [6.07, 6.45) is 1.99. The molecule has 8 heteroatoms. The number of aromatic nitrogens is 2. The summed E-state index contributed by atoms with van der Waals surface area (Å²) in [6, 6.07) is 5.70. The van der Waals surface area contributed by atoms with Crippen molar-refractivity contribution in [2.45, 2.75) is 13.3 Å². The van der Waals surface area contributed by atoms with Crippen LogP contribution in [0.4, 0.5) is 5.82 Å². The van der Waals surface area contributed by atoms with Crippen molar-refractivity contribution < 1.29 is 19.1 Å². The molecular formula is C20H22N4O4. The molecule has 0 spiro atoms. The SMILES string of the molecule is C=CC(=O)N1CC(C(=O)Nc2c(-c3ccc4c(c3)OCO4)c(CC)nn2C)C1. The molecule has 2 aliphatic rings. The Morgan fingerprint density at radius 2 is 2.07 bits per heavy atom. The summed E-state index contributed by atoms with van der Waals surface area (Å²) < 4.78 is 12.6. The van der Waals surface area contributed by atoms with Crippen molar-refractivity contribution in [2.75, 3.05) is 25.2 Å². The Balaban J connectivity index is 1.60. The van der Waals surface area contributed by atoms with E-state index in [1.807, 2.05) is 25.1 Å². The fourth-order valence-corrected chi connectivity index (χ4v) is 3.50. The van der Waals surface area contributed by atoms with Crippen LogP contribution in [0, 0.1) is 5.92 Å². The van der Waals surface area contributed by atoms with E-state index in [0.717, 1.165) is 23.2 Å². The first-order valence-corrected chi connectivity index (χ1v) is 9.20. The van der Waals surface area contributed by atoms with Crippen molar-refractivity contribution in [3.05, 3.63) is 36.5 Å². The fourth-order valence-electron chi connectivity index (χ4n) is 3.50. The van der Waals surface area contributed by atoms with Crippen LogP contribution in [-0.2, 0) is 23.1 Å². The summed E-state index contributed by atoms with van der Waals surface area (Å²) in [7, 11) is 1.81. The third kappa shape index (κ3) is 3.00. The Bertz CT molecular complexity index is 959. The van der Waals surface area contributed by atoms with Crippen LogP contribution in [0.5, 0.6) is 11.5 Å². The number of aryl methyl sites for hydroxylation is 2. The van der Waals surface area contributed by atoms with Gasteiger partial charge in [0.2, 0.25) is 18.6 Å². The van der Waals surface area contributed by atoms with E-state index in [0.29, 0.717) is 30.4 Å². The second-order valence-corrected chi connectivity index (χ2v) is 6.85. The molecule has 146 valence electrons. The van der Waals surface area contributed by atoms with E-state index < -0.39 is 0 Å². The van der Waals surface area contributed by atoms with Crippen LogP contribution in [0.15, 0.2) is 30.9 Å². The summed E-state index contributed by atoms with van der Waals surface area (Å²) in [5, 5.41) is 7.57. The van der Waals surface area contributed by atoms with Gasteiger partial charge in [0.25, 0.3) is 0 Å². The highest BCUT2D eigenvalue weighted by atomic mass is 16.7. The number of hydrogen-bond donors (Lipinski definition) is 1. The zero-order valence-electron chi connectivity index (χ0n) is 15.9. The minimum Gasteiger partial charge on any atom is -0.454 e. The van der Waals surface area contributed by atoms with Crippen LogP contribution in [0.2, 0.25) is 0 Å². The molecular weight excluding hydrogens is 360 g/mol. The molecule has 0 atom stereocenters. The zero-order valence-corrected chi connectivity index (χ0v) is 15.9. The molecule has 3 heterocycles. The number of rotatable bonds is 5. The third-order valence-electron chi connectivity index (χ3n) is 5.10. The van der Waals surface area contributed by atoms with E-state index in [1.165, 1.54) is 6.08 Å². The largest absolute Gasteiger partial charge is 0.454 e. The van der Waals surface area contributed by atoms with Gasteiger partial charge in [0.15, 0.2) is 11.5 Å². The van der Waals surface area contributed by atoms with Gasteiger partial charge < -0.3 is 19.7 Å². The minimum atomic E-state index is -0.242. The average molecular weight is 382 g/mol. The number of anilines is 1. The molecule has 2 aromatic rings. The number of nitrogens with zero attached hydrogens (tertiary/aromatic N) is 3. The summed E-state index contributed by atoms with van der Waals surface area (Å²) in [6.45, 7) is 6.50. The predicted molar refractivity (Wildman–Crippen MR) is 103 cm³/mol. The number of amides is 2. The van der Waals surface area contributed by atoms with Gasteiger partial charge in [-0.1, -0.05) is 19.6 Å². The lowest BCUT2D eigenvalue weighted by atomic mass is 9.98. The first kappa shape index (κ1) is 18.1.